The quantitative estimate of drug-likeness (QED) is 0.592. The van der Waals surface area contributed by atoms with Crippen LogP contribution >= 0.6 is 0 Å². The SMILES string of the molecule is COCC(N)C(=O)N(C)CC(=O)NC1CC1. The van der Waals surface area contributed by atoms with Crippen molar-refractivity contribution in [3.63, 3.8) is 0 Å². The van der Waals surface area contributed by atoms with E-state index >= 15 is 0 Å². The van der Waals surface area contributed by atoms with Gasteiger partial charge in [0.25, 0.3) is 0 Å². The maximum absolute atomic E-state index is 11.6. The third-order valence-electron chi connectivity index (χ3n) is 2.36. The second kappa shape index (κ2) is 5.81. The highest BCUT2D eigenvalue weighted by atomic mass is 16.5. The molecule has 6 heteroatoms. The fourth-order valence-corrected chi connectivity index (χ4v) is 1.33. The van der Waals surface area contributed by atoms with Crippen molar-refractivity contribution >= 4 is 11.8 Å². The van der Waals surface area contributed by atoms with Crippen molar-refractivity contribution in [2.45, 2.75) is 24.9 Å². The summed E-state index contributed by atoms with van der Waals surface area (Å²) in [7, 11) is 3.04. The van der Waals surface area contributed by atoms with Crippen LogP contribution in [0.5, 0.6) is 0 Å². The molecular weight excluding hydrogens is 210 g/mol. The Morgan fingerprint density at radius 1 is 1.56 bits per heavy atom. The molecule has 0 aromatic carbocycles. The molecule has 0 spiro atoms. The number of carbonyl (C=O) groups excluding carboxylic acids is 2. The van der Waals surface area contributed by atoms with Crippen LogP contribution in [0.3, 0.4) is 0 Å². The Morgan fingerprint density at radius 2 is 2.19 bits per heavy atom. The summed E-state index contributed by atoms with van der Waals surface area (Å²) in [5, 5.41) is 2.81. The van der Waals surface area contributed by atoms with E-state index in [4.69, 9.17) is 10.5 Å². The maximum atomic E-state index is 11.6. The Bertz CT molecular complexity index is 266. The molecule has 3 N–H and O–H groups in total. The fourth-order valence-electron chi connectivity index (χ4n) is 1.33. The minimum Gasteiger partial charge on any atom is -0.383 e. The van der Waals surface area contributed by atoms with Gasteiger partial charge in [0.1, 0.15) is 6.04 Å². The molecule has 0 aromatic heterocycles. The standard InChI is InChI=1S/C10H19N3O3/c1-13(10(15)8(11)6-16-2)5-9(14)12-7-3-4-7/h7-8H,3-6,11H2,1-2H3,(H,12,14). The minimum absolute atomic E-state index is 0.0484. The lowest BCUT2D eigenvalue weighted by Crippen LogP contribution is -2.47. The van der Waals surface area contributed by atoms with Crippen molar-refractivity contribution in [3.05, 3.63) is 0 Å². The molecule has 0 aromatic rings. The van der Waals surface area contributed by atoms with Crippen molar-refractivity contribution in [1.29, 1.82) is 0 Å². The van der Waals surface area contributed by atoms with E-state index in [0.717, 1.165) is 12.8 Å². The first-order valence-corrected chi connectivity index (χ1v) is 5.33. The van der Waals surface area contributed by atoms with Crippen LogP contribution in [0.1, 0.15) is 12.8 Å². The summed E-state index contributed by atoms with van der Waals surface area (Å²) in [5.41, 5.74) is 5.57. The van der Waals surface area contributed by atoms with Crippen LogP contribution in [-0.4, -0.2) is 56.1 Å². The van der Waals surface area contributed by atoms with Gasteiger partial charge in [-0.3, -0.25) is 9.59 Å². The summed E-state index contributed by atoms with van der Waals surface area (Å²) < 4.78 is 4.78. The molecule has 1 aliphatic carbocycles. The number of amides is 2. The number of methoxy groups -OCH3 is 1. The second-order valence-electron chi connectivity index (χ2n) is 4.10. The van der Waals surface area contributed by atoms with Gasteiger partial charge in [-0.15, -0.1) is 0 Å². The van der Waals surface area contributed by atoms with E-state index in [9.17, 15) is 9.59 Å². The fraction of sp³-hybridized carbons (Fsp3) is 0.800. The van der Waals surface area contributed by atoms with Gasteiger partial charge in [0.05, 0.1) is 13.2 Å². The first-order valence-electron chi connectivity index (χ1n) is 5.33. The summed E-state index contributed by atoms with van der Waals surface area (Å²) in [5.74, 6) is -0.421. The lowest BCUT2D eigenvalue weighted by atomic mass is 10.3. The summed E-state index contributed by atoms with van der Waals surface area (Å²) in [4.78, 5) is 24.3. The lowest BCUT2D eigenvalue weighted by molar-refractivity contribution is -0.136. The van der Waals surface area contributed by atoms with Gasteiger partial charge in [-0.2, -0.15) is 0 Å². The molecule has 1 rings (SSSR count). The van der Waals surface area contributed by atoms with E-state index in [0.29, 0.717) is 6.04 Å². The molecular formula is C10H19N3O3. The van der Waals surface area contributed by atoms with E-state index < -0.39 is 6.04 Å². The third kappa shape index (κ3) is 4.16. The van der Waals surface area contributed by atoms with Crippen molar-refractivity contribution in [2.75, 3.05) is 27.3 Å². The average molecular weight is 229 g/mol. The van der Waals surface area contributed by atoms with Crippen LogP contribution in [0.25, 0.3) is 0 Å². The van der Waals surface area contributed by atoms with Gasteiger partial charge >= 0.3 is 0 Å². The van der Waals surface area contributed by atoms with E-state index in [1.807, 2.05) is 0 Å². The Hall–Kier alpha value is -1.14. The predicted molar refractivity (Wildman–Crippen MR) is 58.7 cm³/mol. The summed E-state index contributed by atoms with van der Waals surface area (Å²) in [6, 6.07) is -0.396. The van der Waals surface area contributed by atoms with E-state index in [1.165, 1.54) is 12.0 Å². The van der Waals surface area contributed by atoms with Crippen molar-refractivity contribution in [1.82, 2.24) is 10.2 Å². The monoisotopic (exact) mass is 229 g/mol. The number of ether oxygens (including phenoxy) is 1. The second-order valence-corrected chi connectivity index (χ2v) is 4.10. The van der Waals surface area contributed by atoms with Gasteiger partial charge in [0.2, 0.25) is 11.8 Å². The van der Waals surface area contributed by atoms with Crippen LogP contribution in [-0.2, 0) is 14.3 Å². The molecule has 1 aliphatic rings. The first kappa shape index (κ1) is 12.9. The number of hydrogen-bond acceptors (Lipinski definition) is 4. The van der Waals surface area contributed by atoms with Gasteiger partial charge < -0.3 is 20.7 Å². The van der Waals surface area contributed by atoms with E-state index in [2.05, 4.69) is 5.32 Å². The van der Waals surface area contributed by atoms with Gasteiger partial charge in [0.15, 0.2) is 0 Å². The van der Waals surface area contributed by atoms with Crippen LogP contribution in [0, 0.1) is 0 Å². The number of carbonyl (C=O) groups is 2. The predicted octanol–water partition coefficient (Wildman–Crippen LogP) is -1.30. The summed E-state index contributed by atoms with van der Waals surface area (Å²) in [6.07, 6.45) is 2.07. The van der Waals surface area contributed by atoms with Crippen LogP contribution in [0.4, 0.5) is 0 Å². The van der Waals surface area contributed by atoms with Crippen LogP contribution in [0.15, 0.2) is 0 Å². The van der Waals surface area contributed by atoms with E-state index in [-0.39, 0.29) is 25.0 Å². The zero-order chi connectivity index (χ0) is 12.1. The van der Waals surface area contributed by atoms with Crippen LogP contribution in [0.2, 0.25) is 0 Å². The zero-order valence-corrected chi connectivity index (χ0v) is 9.73. The number of rotatable bonds is 6. The van der Waals surface area contributed by atoms with Crippen LogP contribution < -0.4 is 11.1 Å². The summed E-state index contributed by atoms with van der Waals surface area (Å²) >= 11 is 0. The average Bonchev–Trinajstić information content (AvgIpc) is 3.00. The molecule has 0 heterocycles. The molecule has 0 bridgehead atoms. The highest BCUT2D eigenvalue weighted by molar-refractivity contribution is 5.87. The Morgan fingerprint density at radius 3 is 2.69 bits per heavy atom. The lowest BCUT2D eigenvalue weighted by Gasteiger charge is -2.20. The highest BCUT2D eigenvalue weighted by Crippen LogP contribution is 2.18. The molecule has 92 valence electrons. The molecule has 1 unspecified atom stereocenters. The topological polar surface area (TPSA) is 84.7 Å². The Labute approximate surface area is 95.1 Å². The van der Waals surface area contributed by atoms with Crippen molar-refractivity contribution in [2.24, 2.45) is 5.73 Å². The largest absolute Gasteiger partial charge is 0.383 e. The molecule has 2 amide bonds. The molecule has 0 aliphatic heterocycles. The van der Waals surface area contributed by atoms with Crippen molar-refractivity contribution in [3.8, 4) is 0 Å². The molecule has 6 nitrogen and oxygen atoms in total. The molecule has 1 fully saturated rings. The van der Waals surface area contributed by atoms with E-state index in [1.54, 1.807) is 7.05 Å². The third-order valence-corrected chi connectivity index (χ3v) is 2.36. The number of hydrogen-bond donors (Lipinski definition) is 2. The van der Waals surface area contributed by atoms with Gasteiger partial charge in [-0.05, 0) is 12.8 Å². The summed E-state index contributed by atoms with van der Waals surface area (Å²) in [6.45, 7) is 0.208. The first-order chi connectivity index (χ1) is 7.54. The Balaban J connectivity index is 2.28. The van der Waals surface area contributed by atoms with Crippen molar-refractivity contribution < 1.29 is 14.3 Å². The number of nitrogens with zero attached hydrogens (tertiary/aromatic N) is 1. The molecule has 1 saturated carbocycles. The molecule has 0 radical (unpaired) electrons. The number of likely N-dealkylation sites (N-methyl/N-ethyl adjacent to an activating group) is 1. The molecule has 0 saturated heterocycles. The smallest absolute Gasteiger partial charge is 0.242 e. The maximum Gasteiger partial charge on any atom is 0.242 e. The van der Waals surface area contributed by atoms with Gasteiger partial charge in [0, 0.05) is 20.2 Å². The molecule has 16 heavy (non-hydrogen) atoms. The normalized spacial score (nSPS) is 16.7. The van der Waals surface area contributed by atoms with Gasteiger partial charge in [-0.25, -0.2) is 0 Å². The highest BCUT2D eigenvalue weighted by Gasteiger charge is 2.25. The zero-order valence-electron chi connectivity index (χ0n) is 9.73. The molecule has 1 atom stereocenters. The number of nitrogens with one attached hydrogen (secondary N) is 1. The van der Waals surface area contributed by atoms with Gasteiger partial charge in [-0.1, -0.05) is 0 Å². The number of nitrogens with two attached hydrogens (primary N) is 1. The Kier molecular flexibility index (Phi) is 4.70. The minimum atomic E-state index is -0.705.